The highest BCUT2D eigenvalue weighted by Crippen LogP contribution is 2.39. The number of hydrogen-bond acceptors (Lipinski definition) is 3. The molecule has 0 aliphatic heterocycles. The molecule has 1 aromatic heterocycles. The van der Waals surface area contributed by atoms with Crippen LogP contribution in [-0.4, -0.2) is 27.1 Å². The van der Waals surface area contributed by atoms with Crippen LogP contribution >= 0.6 is 0 Å². The molecule has 26 heavy (non-hydrogen) atoms. The molecule has 1 heterocycles. The van der Waals surface area contributed by atoms with E-state index in [1.807, 2.05) is 31.2 Å². The Kier molecular flexibility index (Phi) is 4.61. The van der Waals surface area contributed by atoms with Gasteiger partial charge in [0.05, 0.1) is 11.0 Å². The molecular formula is C20H28N4O2. The Bertz CT molecular complexity index is 854. The molecule has 2 aliphatic carbocycles. The summed E-state index contributed by atoms with van der Waals surface area (Å²) in [6.07, 6.45) is 5.51. The standard InChI is InChI=1S/C20H28N4O2/c1-2-23-16-8-3-4-9-17(16)24(20(23)26)12-18(25)22-19-13-6-5-7-14(19)11-15(21)10-13/h3-4,8-9,13-15,19H,2,5-7,10-12,21H2,1H3,(H,22,25). The van der Waals surface area contributed by atoms with Crippen molar-refractivity contribution in [2.24, 2.45) is 17.6 Å². The fourth-order valence-corrected chi connectivity index (χ4v) is 5.13. The largest absolute Gasteiger partial charge is 0.351 e. The van der Waals surface area contributed by atoms with E-state index in [4.69, 9.17) is 5.73 Å². The highest BCUT2D eigenvalue weighted by molar-refractivity contribution is 5.81. The van der Waals surface area contributed by atoms with Crippen molar-refractivity contribution in [2.45, 2.75) is 64.2 Å². The third-order valence-electron chi connectivity index (χ3n) is 6.25. The Morgan fingerprint density at radius 3 is 2.38 bits per heavy atom. The van der Waals surface area contributed by atoms with Crippen molar-refractivity contribution in [3.8, 4) is 0 Å². The summed E-state index contributed by atoms with van der Waals surface area (Å²) in [5.74, 6) is 0.897. The van der Waals surface area contributed by atoms with Gasteiger partial charge in [0, 0.05) is 18.6 Å². The number of carbonyl (C=O) groups is 1. The number of para-hydroxylation sites is 2. The van der Waals surface area contributed by atoms with Gasteiger partial charge in [-0.2, -0.15) is 0 Å². The SMILES string of the molecule is CCn1c(=O)n(CC(=O)NC2C3CCCC2CC(N)C3)c2ccccc21. The summed E-state index contributed by atoms with van der Waals surface area (Å²) in [5.41, 5.74) is 7.77. The van der Waals surface area contributed by atoms with Crippen LogP contribution in [0.25, 0.3) is 11.0 Å². The zero-order valence-corrected chi connectivity index (χ0v) is 15.4. The first-order valence-corrected chi connectivity index (χ1v) is 9.81. The van der Waals surface area contributed by atoms with Crippen LogP contribution in [0.3, 0.4) is 0 Å². The van der Waals surface area contributed by atoms with E-state index in [0.717, 1.165) is 36.7 Å². The number of fused-ring (bicyclic) bond motifs is 3. The van der Waals surface area contributed by atoms with Crippen LogP contribution in [0, 0.1) is 11.8 Å². The van der Waals surface area contributed by atoms with Crippen molar-refractivity contribution in [1.82, 2.24) is 14.5 Å². The van der Waals surface area contributed by atoms with Gasteiger partial charge in [-0.1, -0.05) is 18.6 Å². The first kappa shape index (κ1) is 17.3. The number of carbonyl (C=O) groups excluding carboxylic acids is 1. The number of rotatable bonds is 4. The van der Waals surface area contributed by atoms with Crippen LogP contribution < -0.4 is 16.7 Å². The fourth-order valence-electron chi connectivity index (χ4n) is 5.13. The zero-order valence-electron chi connectivity index (χ0n) is 15.4. The molecule has 2 aliphatic rings. The van der Waals surface area contributed by atoms with Crippen molar-refractivity contribution >= 4 is 16.9 Å². The molecule has 2 fully saturated rings. The van der Waals surface area contributed by atoms with E-state index in [1.165, 1.54) is 6.42 Å². The number of nitrogens with two attached hydrogens (primary N) is 1. The summed E-state index contributed by atoms with van der Waals surface area (Å²) >= 11 is 0. The monoisotopic (exact) mass is 356 g/mol. The van der Waals surface area contributed by atoms with Crippen molar-refractivity contribution in [2.75, 3.05) is 0 Å². The molecule has 0 spiro atoms. The number of hydrogen-bond donors (Lipinski definition) is 2. The third-order valence-corrected chi connectivity index (χ3v) is 6.25. The number of benzene rings is 1. The molecule has 2 saturated carbocycles. The van der Waals surface area contributed by atoms with Gasteiger partial charge in [-0.15, -0.1) is 0 Å². The van der Waals surface area contributed by atoms with Gasteiger partial charge in [-0.25, -0.2) is 4.79 Å². The minimum atomic E-state index is -0.116. The number of imidazole rings is 1. The molecule has 0 saturated heterocycles. The van der Waals surface area contributed by atoms with Crippen LogP contribution in [0.2, 0.25) is 0 Å². The predicted molar refractivity (Wildman–Crippen MR) is 102 cm³/mol. The van der Waals surface area contributed by atoms with Gasteiger partial charge in [-0.3, -0.25) is 13.9 Å². The van der Waals surface area contributed by atoms with Crippen molar-refractivity contribution < 1.29 is 4.79 Å². The molecule has 4 rings (SSSR count). The van der Waals surface area contributed by atoms with Crippen LogP contribution in [0.15, 0.2) is 29.1 Å². The molecule has 6 heteroatoms. The van der Waals surface area contributed by atoms with Crippen LogP contribution in [0.1, 0.15) is 39.0 Å². The summed E-state index contributed by atoms with van der Waals surface area (Å²) in [7, 11) is 0. The van der Waals surface area contributed by atoms with E-state index in [-0.39, 0.29) is 30.2 Å². The first-order chi connectivity index (χ1) is 12.6. The predicted octanol–water partition coefficient (Wildman–Crippen LogP) is 1.85. The number of aryl methyl sites for hydroxylation is 1. The van der Waals surface area contributed by atoms with Crippen LogP contribution in [0.4, 0.5) is 0 Å². The third kappa shape index (κ3) is 2.96. The van der Waals surface area contributed by atoms with Crippen molar-refractivity contribution in [3.05, 3.63) is 34.7 Å². The van der Waals surface area contributed by atoms with Gasteiger partial charge < -0.3 is 11.1 Å². The van der Waals surface area contributed by atoms with Crippen molar-refractivity contribution in [3.63, 3.8) is 0 Å². The summed E-state index contributed by atoms with van der Waals surface area (Å²) < 4.78 is 3.31. The molecule has 0 radical (unpaired) electrons. The van der Waals surface area contributed by atoms with E-state index in [1.54, 1.807) is 9.13 Å². The van der Waals surface area contributed by atoms with Crippen LogP contribution in [0.5, 0.6) is 0 Å². The van der Waals surface area contributed by atoms with E-state index >= 15 is 0 Å². The minimum Gasteiger partial charge on any atom is -0.351 e. The highest BCUT2D eigenvalue weighted by Gasteiger charge is 2.39. The molecule has 1 amide bonds. The average Bonchev–Trinajstić information content (AvgIpc) is 2.87. The Hall–Kier alpha value is -2.08. The second-order valence-electron chi connectivity index (χ2n) is 7.88. The number of nitrogens with one attached hydrogen (secondary N) is 1. The smallest absolute Gasteiger partial charge is 0.329 e. The lowest BCUT2D eigenvalue weighted by Crippen LogP contribution is -2.54. The van der Waals surface area contributed by atoms with Crippen LogP contribution in [-0.2, 0) is 17.9 Å². The van der Waals surface area contributed by atoms with Gasteiger partial charge in [-0.05, 0) is 56.6 Å². The van der Waals surface area contributed by atoms with Gasteiger partial charge in [0.15, 0.2) is 0 Å². The summed E-state index contributed by atoms with van der Waals surface area (Å²) in [6, 6.07) is 8.15. The zero-order chi connectivity index (χ0) is 18.3. The minimum absolute atomic E-state index is 0.0662. The van der Waals surface area contributed by atoms with E-state index in [2.05, 4.69) is 5.32 Å². The number of amides is 1. The number of aromatic nitrogens is 2. The van der Waals surface area contributed by atoms with E-state index in [0.29, 0.717) is 18.4 Å². The molecule has 1 aromatic carbocycles. The first-order valence-electron chi connectivity index (χ1n) is 9.81. The molecule has 2 aromatic rings. The number of nitrogens with zero attached hydrogens (tertiary/aromatic N) is 2. The fraction of sp³-hybridized carbons (Fsp3) is 0.600. The lowest BCUT2D eigenvalue weighted by atomic mass is 9.67. The summed E-state index contributed by atoms with van der Waals surface area (Å²) in [4.78, 5) is 25.5. The van der Waals surface area contributed by atoms with Gasteiger partial charge in [0.2, 0.25) is 5.91 Å². The second-order valence-corrected chi connectivity index (χ2v) is 7.88. The quantitative estimate of drug-likeness (QED) is 0.877. The van der Waals surface area contributed by atoms with Gasteiger partial charge in [0.25, 0.3) is 0 Å². The maximum absolute atomic E-state index is 12.8. The Balaban J connectivity index is 1.55. The maximum atomic E-state index is 12.8. The Labute approximate surface area is 153 Å². The van der Waals surface area contributed by atoms with E-state index < -0.39 is 0 Å². The molecule has 140 valence electrons. The Morgan fingerprint density at radius 2 is 1.77 bits per heavy atom. The molecule has 3 N–H and O–H groups in total. The summed E-state index contributed by atoms with van der Waals surface area (Å²) in [6.45, 7) is 2.62. The van der Waals surface area contributed by atoms with Gasteiger partial charge >= 0.3 is 5.69 Å². The van der Waals surface area contributed by atoms with E-state index in [9.17, 15) is 9.59 Å². The van der Waals surface area contributed by atoms with Crippen molar-refractivity contribution in [1.29, 1.82) is 0 Å². The second kappa shape index (κ2) is 6.91. The maximum Gasteiger partial charge on any atom is 0.329 e. The topological polar surface area (TPSA) is 82.0 Å². The highest BCUT2D eigenvalue weighted by atomic mass is 16.2. The molecular weight excluding hydrogens is 328 g/mol. The molecule has 6 nitrogen and oxygen atoms in total. The molecule has 2 bridgehead atoms. The normalized spacial score (nSPS) is 28.2. The Morgan fingerprint density at radius 1 is 1.15 bits per heavy atom. The molecule has 2 unspecified atom stereocenters. The molecule has 2 atom stereocenters. The lowest BCUT2D eigenvalue weighted by molar-refractivity contribution is -0.124. The summed E-state index contributed by atoms with van der Waals surface area (Å²) in [5, 5.41) is 3.25. The van der Waals surface area contributed by atoms with Gasteiger partial charge in [0.1, 0.15) is 6.54 Å². The lowest BCUT2D eigenvalue weighted by Gasteiger charge is -2.45. The average molecular weight is 356 g/mol.